The molecule has 1 unspecified atom stereocenters. The molecule has 17 heavy (non-hydrogen) atoms. The van der Waals surface area contributed by atoms with Crippen molar-refractivity contribution in [3.8, 4) is 0 Å². The van der Waals surface area contributed by atoms with Gasteiger partial charge in [-0.05, 0) is 6.92 Å². The fourth-order valence-electron chi connectivity index (χ4n) is 1.68. The normalized spacial score (nSPS) is 20.3. The summed E-state index contributed by atoms with van der Waals surface area (Å²) in [5, 5.41) is 12.6. The number of aromatic nitrogens is 1. The number of rotatable bonds is 2. The van der Waals surface area contributed by atoms with Crippen LogP contribution in [0, 0.1) is 6.92 Å². The fourth-order valence-corrected chi connectivity index (χ4v) is 2.72. The van der Waals surface area contributed by atoms with Crippen molar-refractivity contribution in [2.24, 2.45) is 0 Å². The van der Waals surface area contributed by atoms with Gasteiger partial charge in [0.15, 0.2) is 0 Å². The summed E-state index contributed by atoms with van der Waals surface area (Å²) in [5.41, 5.74) is 0.623. The van der Waals surface area contributed by atoms with Gasteiger partial charge in [-0.25, -0.2) is 4.79 Å². The maximum absolute atomic E-state index is 12.1. The Morgan fingerprint density at radius 2 is 2.41 bits per heavy atom. The lowest BCUT2D eigenvalue weighted by molar-refractivity contribution is -0.141. The van der Waals surface area contributed by atoms with E-state index >= 15 is 0 Å². The summed E-state index contributed by atoms with van der Waals surface area (Å²) < 4.78 is 4.87. The molecule has 1 aliphatic heterocycles. The van der Waals surface area contributed by atoms with Crippen molar-refractivity contribution in [3.63, 3.8) is 0 Å². The molecule has 0 aromatic carbocycles. The van der Waals surface area contributed by atoms with E-state index in [9.17, 15) is 9.59 Å². The summed E-state index contributed by atoms with van der Waals surface area (Å²) in [6.45, 7) is 2.12. The van der Waals surface area contributed by atoms with Crippen molar-refractivity contribution in [2.75, 3.05) is 18.1 Å². The average Bonchev–Trinajstić information content (AvgIpc) is 2.74. The number of aliphatic carboxylic acids is 1. The van der Waals surface area contributed by atoms with E-state index in [4.69, 9.17) is 9.63 Å². The van der Waals surface area contributed by atoms with Crippen LogP contribution in [0.1, 0.15) is 16.1 Å². The van der Waals surface area contributed by atoms with Crippen LogP contribution >= 0.6 is 11.8 Å². The van der Waals surface area contributed by atoms with E-state index in [1.54, 1.807) is 6.92 Å². The van der Waals surface area contributed by atoms with Crippen molar-refractivity contribution in [1.29, 1.82) is 0 Å². The van der Waals surface area contributed by atoms with Crippen LogP contribution in [0.5, 0.6) is 0 Å². The molecule has 0 spiro atoms. The zero-order valence-corrected chi connectivity index (χ0v) is 10.1. The summed E-state index contributed by atoms with van der Waals surface area (Å²) in [7, 11) is 0. The Kier molecular flexibility index (Phi) is 3.37. The Bertz CT molecular complexity index is 445. The molecule has 7 heteroatoms. The summed E-state index contributed by atoms with van der Waals surface area (Å²) in [6, 6.07) is -0.786. The van der Waals surface area contributed by atoms with Crippen molar-refractivity contribution in [3.05, 3.63) is 17.5 Å². The number of thioether (sulfide) groups is 1. The van der Waals surface area contributed by atoms with E-state index in [1.807, 2.05) is 0 Å². The second-order valence-corrected chi connectivity index (χ2v) is 4.92. The van der Waals surface area contributed by atoms with Gasteiger partial charge in [0.25, 0.3) is 5.91 Å². The molecular weight excluding hydrogens is 244 g/mol. The van der Waals surface area contributed by atoms with Gasteiger partial charge in [-0.2, -0.15) is 11.8 Å². The molecule has 0 saturated carbocycles. The van der Waals surface area contributed by atoms with Crippen LogP contribution in [0.25, 0.3) is 0 Å². The SMILES string of the molecule is Cc1cnoc1C(=O)N1CCSCC1C(=O)O. The van der Waals surface area contributed by atoms with Gasteiger partial charge in [0, 0.05) is 23.6 Å². The largest absolute Gasteiger partial charge is 0.480 e. The molecule has 1 amide bonds. The molecule has 92 valence electrons. The zero-order chi connectivity index (χ0) is 12.4. The lowest BCUT2D eigenvalue weighted by Crippen LogP contribution is -2.50. The molecule has 6 nitrogen and oxygen atoms in total. The first-order chi connectivity index (χ1) is 8.11. The molecule has 0 aliphatic carbocycles. The van der Waals surface area contributed by atoms with E-state index in [2.05, 4.69) is 5.16 Å². The number of carboxylic acids is 1. The molecule has 1 aromatic heterocycles. The quantitative estimate of drug-likeness (QED) is 0.835. The van der Waals surface area contributed by atoms with Gasteiger partial charge in [0.2, 0.25) is 5.76 Å². The van der Waals surface area contributed by atoms with Gasteiger partial charge >= 0.3 is 5.97 Å². The highest BCUT2D eigenvalue weighted by molar-refractivity contribution is 7.99. The third kappa shape index (κ3) is 2.28. The molecule has 1 atom stereocenters. The number of carbonyl (C=O) groups excluding carboxylic acids is 1. The highest BCUT2D eigenvalue weighted by Gasteiger charge is 2.34. The Morgan fingerprint density at radius 1 is 1.65 bits per heavy atom. The number of amides is 1. The molecule has 1 saturated heterocycles. The average molecular weight is 256 g/mol. The number of carbonyl (C=O) groups is 2. The number of aryl methyl sites for hydroxylation is 1. The molecule has 1 aromatic rings. The highest BCUT2D eigenvalue weighted by Crippen LogP contribution is 2.20. The van der Waals surface area contributed by atoms with Gasteiger partial charge in [-0.15, -0.1) is 0 Å². The predicted molar refractivity (Wildman–Crippen MR) is 61.0 cm³/mol. The van der Waals surface area contributed by atoms with Gasteiger partial charge in [0.05, 0.1) is 6.20 Å². The van der Waals surface area contributed by atoms with Crippen LogP contribution in [0.3, 0.4) is 0 Å². The first-order valence-corrected chi connectivity index (χ1v) is 6.29. The van der Waals surface area contributed by atoms with Crippen LogP contribution in [-0.2, 0) is 4.79 Å². The molecular formula is C10H12N2O4S. The lowest BCUT2D eigenvalue weighted by Gasteiger charge is -2.31. The van der Waals surface area contributed by atoms with Gasteiger partial charge < -0.3 is 14.5 Å². The highest BCUT2D eigenvalue weighted by atomic mass is 32.2. The van der Waals surface area contributed by atoms with Gasteiger partial charge in [-0.1, -0.05) is 5.16 Å². The minimum Gasteiger partial charge on any atom is -0.480 e. The lowest BCUT2D eigenvalue weighted by atomic mass is 10.2. The Labute approximate surface area is 102 Å². The standard InChI is InChI=1S/C10H12N2O4S/c1-6-4-11-16-8(6)9(13)12-2-3-17-5-7(12)10(14)15/h4,7H,2-3,5H2,1H3,(H,14,15). The van der Waals surface area contributed by atoms with E-state index < -0.39 is 17.9 Å². The predicted octanol–water partition coefficient (Wildman–Crippen LogP) is 0.625. The molecule has 0 bridgehead atoms. The fraction of sp³-hybridized carbons (Fsp3) is 0.500. The number of carboxylic acid groups (broad SMARTS) is 1. The van der Waals surface area contributed by atoms with Crippen molar-refractivity contribution in [2.45, 2.75) is 13.0 Å². The maximum atomic E-state index is 12.1. The van der Waals surface area contributed by atoms with Gasteiger partial charge in [-0.3, -0.25) is 4.79 Å². The van der Waals surface area contributed by atoms with Crippen LogP contribution in [-0.4, -0.2) is 51.1 Å². The second-order valence-electron chi connectivity index (χ2n) is 3.77. The van der Waals surface area contributed by atoms with Crippen molar-refractivity contribution >= 4 is 23.6 Å². The summed E-state index contributed by atoms with van der Waals surface area (Å²) in [4.78, 5) is 24.5. The zero-order valence-electron chi connectivity index (χ0n) is 9.25. The van der Waals surface area contributed by atoms with E-state index in [-0.39, 0.29) is 5.76 Å². The van der Waals surface area contributed by atoms with Crippen molar-refractivity contribution in [1.82, 2.24) is 10.1 Å². The Morgan fingerprint density at radius 3 is 3.00 bits per heavy atom. The molecule has 1 aliphatic rings. The summed E-state index contributed by atoms with van der Waals surface area (Å²) in [6.07, 6.45) is 1.45. The Balaban J connectivity index is 2.23. The minimum absolute atomic E-state index is 0.128. The first kappa shape index (κ1) is 12.0. The third-order valence-corrected chi connectivity index (χ3v) is 3.64. The number of nitrogens with zero attached hydrogens (tertiary/aromatic N) is 2. The summed E-state index contributed by atoms with van der Waals surface area (Å²) in [5.74, 6) is -0.102. The second kappa shape index (κ2) is 4.79. The van der Waals surface area contributed by atoms with Crippen LogP contribution in [0.2, 0.25) is 0 Å². The smallest absolute Gasteiger partial charge is 0.327 e. The van der Waals surface area contributed by atoms with E-state index in [0.717, 1.165) is 5.75 Å². The first-order valence-electron chi connectivity index (χ1n) is 5.14. The number of hydrogen-bond donors (Lipinski definition) is 1. The number of hydrogen-bond acceptors (Lipinski definition) is 5. The Hall–Kier alpha value is -1.50. The monoisotopic (exact) mass is 256 g/mol. The van der Waals surface area contributed by atoms with Crippen LogP contribution in [0.4, 0.5) is 0 Å². The van der Waals surface area contributed by atoms with Gasteiger partial charge in [0.1, 0.15) is 6.04 Å². The van der Waals surface area contributed by atoms with Crippen LogP contribution < -0.4 is 0 Å². The minimum atomic E-state index is -0.984. The van der Waals surface area contributed by atoms with E-state index in [1.165, 1.54) is 22.9 Å². The van der Waals surface area contributed by atoms with Crippen molar-refractivity contribution < 1.29 is 19.2 Å². The molecule has 1 N–H and O–H groups in total. The maximum Gasteiger partial charge on any atom is 0.327 e. The molecule has 2 heterocycles. The third-order valence-electron chi connectivity index (χ3n) is 2.62. The molecule has 0 radical (unpaired) electrons. The van der Waals surface area contributed by atoms with E-state index in [0.29, 0.717) is 17.9 Å². The summed E-state index contributed by atoms with van der Waals surface area (Å²) >= 11 is 1.53. The topological polar surface area (TPSA) is 83.6 Å². The molecule has 2 rings (SSSR count). The van der Waals surface area contributed by atoms with Crippen LogP contribution in [0.15, 0.2) is 10.7 Å². The molecule has 1 fully saturated rings.